The average Bonchev–Trinajstić information content (AvgIpc) is 2.32. The van der Waals surface area contributed by atoms with E-state index in [1.807, 2.05) is 4.90 Å². The van der Waals surface area contributed by atoms with Crippen LogP contribution in [0.25, 0.3) is 0 Å². The van der Waals surface area contributed by atoms with Crippen LogP contribution in [0.15, 0.2) is 0 Å². The van der Waals surface area contributed by atoms with Crippen molar-refractivity contribution in [3.63, 3.8) is 0 Å². The summed E-state index contributed by atoms with van der Waals surface area (Å²) in [7, 11) is 0. The summed E-state index contributed by atoms with van der Waals surface area (Å²) >= 11 is 0. The van der Waals surface area contributed by atoms with E-state index in [-0.39, 0.29) is 0 Å². The van der Waals surface area contributed by atoms with E-state index in [4.69, 9.17) is 4.74 Å². The summed E-state index contributed by atoms with van der Waals surface area (Å²) in [5, 5.41) is 0. The van der Waals surface area contributed by atoms with Gasteiger partial charge in [0.1, 0.15) is 6.73 Å². The Morgan fingerprint density at radius 1 is 1.45 bits per heavy atom. The Bertz CT molecular complexity index is 159. The van der Waals surface area contributed by atoms with Crippen LogP contribution in [0.4, 0.5) is 0 Å². The van der Waals surface area contributed by atoms with Gasteiger partial charge in [0.2, 0.25) is 5.91 Å². The highest BCUT2D eigenvalue weighted by molar-refractivity contribution is 5.79. The van der Waals surface area contributed by atoms with E-state index in [1.165, 1.54) is 6.42 Å². The molecule has 0 N–H and O–H groups in total. The number of hydrogen-bond donors (Lipinski definition) is 0. The molecule has 1 aliphatic heterocycles. The predicted molar refractivity (Wildman–Crippen MR) is 39.9 cm³/mol. The van der Waals surface area contributed by atoms with Crippen LogP contribution >= 0.6 is 0 Å². The van der Waals surface area contributed by atoms with Crippen molar-refractivity contribution in [2.24, 2.45) is 5.92 Å². The predicted octanol–water partition coefficient (Wildman–Crippen LogP) is 0.603. The minimum Gasteiger partial charge on any atom is -0.359 e. The smallest absolute Gasteiger partial charge is 0.227 e. The largest absolute Gasteiger partial charge is 0.359 e. The highest BCUT2D eigenvalue weighted by Crippen LogP contribution is 2.28. The molecule has 0 spiro atoms. The van der Waals surface area contributed by atoms with Crippen LogP contribution in [0.2, 0.25) is 0 Å². The Labute approximate surface area is 66.3 Å². The third-order valence-electron chi connectivity index (χ3n) is 2.52. The zero-order valence-corrected chi connectivity index (χ0v) is 6.58. The van der Waals surface area contributed by atoms with E-state index < -0.39 is 0 Å². The van der Waals surface area contributed by atoms with Crippen LogP contribution in [0, 0.1) is 5.92 Å². The molecular weight excluding hydrogens is 142 g/mol. The van der Waals surface area contributed by atoms with Crippen molar-refractivity contribution in [3.05, 3.63) is 0 Å². The van der Waals surface area contributed by atoms with Gasteiger partial charge in [-0.1, -0.05) is 6.42 Å². The van der Waals surface area contributed by atoms with Gasteiger partial charge in [-0.05, 0) is 12.8 Å². The molecule has 1 saturated carbocycles. The molecule has 1 amide bonds. The van der Waals surface area contributed by atoms with Gasteiger partial charge in [0.25, 0.3) is 0 Å². The minimum absolute atomic E-state index is 0.314. The summed E-state index contributed by atoms with van der Waals surface area (Å²) in [4.78, 5) is 13.3. The molecule has 0 bridgehead atoms. The number of rotatable bonds is 1. The monoisotopic (exact) mass is 155 g/mol. The lowest BCUT2D eigenvalue weighted by atomic mass is 9.84. The molecular formula is C8H13NO2. The van der Waals surface area contributed by atoms with Gasteiger partial charge in [-0.15, -0.1) is 0 Å². The second-order valence-electron chi connectivity index (χ2n) is 3.27. The topological polar surface area (TPSA) is 29.5 Å². The molecule has 0 aromatic carbocycles. The summed E-state index contributed by atoms with van der Waals surface area (Å²) in [6.07, 6.45) is 3.41. The summed E-state index contributed by atoms with van der Waals surface area (Å²) in [5.74, 6) is 0.644. The molecule has 3 nitrogen and oxygen atoms in total. The van der Waals surface area contributed by atoms with E-state index in [0.29, 0.717) is 18.6 Å². The first-order chi connectivity index (χ1) is 5.38. The van der Waals surface area contributed by atoms with E-state index in [2.05, 4.69) is 0 Å². The normalized spacial score (nSPS) is 25.3. The zero-order valence-electron chi connectivity index (χ0n) is 6.58. The van der Waals surface area contributed by atoms with Gasteiger partial charge in [0.15, 0.2) is 0 Å². The van der Waals surface area contributed by atoms with Crippen LogP contribution in [-0.4, -0.2) is 30.7 Å². The molecule has 3 heteroatoms. The summed E-state index contributed by atoms with van der Waals surface area (Å²) in [6.45, 7) is 2.04. The number of hydrogen-bond acceptors (Lipinski definition) is 2. The van der Waals surface area contributed by atoms with E-state index >= 15 is 0 Å². The zero-order chi connectivity index (χ0) is 7.68. The van der Waals surface area contributed by atoms with Crippen LogP contribution in [0.3, 0.4) is 0 Å². The Hall–Kier alpha value is -0.570. The van der Waals surface area contributed by atoms with Gasteiger partial charge in [-0.25, -0.2) is 0 Å². The molecule has 1 heterocycles. The van der Waals surface area contributed by atoms with Crippen molar-refractivity contribution in [2.75, 3.05) is 19.9 Å². The third-order valence-corrected chi connectivity index (χ3v) is 2.52. The highest BCUT2D eigenvalue weighted by atomic mass is 16.5. The van der Waals surface area contributed by atoms with Crippen molar-refractivity contribution >= 4 is 5.91 Å². The second kappa shape index (κ2) is 2.81. The third kappa shape index (κ3) is 1.25. The molecule has 0 aromatic heterocycles. The first-order valence-corrected chi connectivity index (χ1v) is 4.24. The number of nitrogens with zero attached hydrogens (tertiary/aromatic N) is 1. The SMILES string of the molecule is O=C(C1CCC1)N1CCOC1. The number of carbonyl (C=O) groups excluding carboxylic acids is 1. The first-order valence-electron chi connectivity index (χ1n) is 4.24. The van der Waals surface area contributed by atoms with Gasteiger partial charge < -0.3 is 9.64 Å². The number of ether oxygens (including phenoxy) is 1. The Balaban J connectivity index is 1.87. The van der Waals surface area contributed by atoms with E-state index in [9.17, 15) is 4.79 Å². The summed E-state index contributed by atoms with van der Waals surface area (Å²) in [5.41, 5.74) is 0. The molecule has 2 aliphatic rings. The second-order valence-corrected chi connectivity index (χ2v) is 3.27. The Morgan fingerprint density at radius 3 is 2.73 bits per heavy atom. The maximum atomic E-state index is 11.5. The number of amides is 1. The van der Waals surface area contributed by atoms with Crippen molar-refractivity contribution in [3.8, 4) is 0 Å². The van der Waals surface area contributed by atoms with Crippen LogP contribution in [-0.2, 0) is 9.53 Å². The number of carbonyl (C=O) groups is 1. The molecule has 2 rings (SSSR count). The fourth-order valence-corrected chi connectivity index (χ4v) is 1.50. The van der Waals surface area contributed by atoms with Gasteiger partial charge in [0.05, 0.1) is 6.61 Å². The van der Waals surface area contributed by atoms with Crippen molar-refractivity contribution in [2.45, 2.75) is 19.3 Å². The fraction of sp³-hybridized carbons (Fsp3) is 0.875. The van der Waals surface area contributed by atoms with Gasteiger partial charge >= 0.3 is 0 Å². The maximum Gasteiger partial charge on any atom is 0.227 e. The van der Waals surface area contributed by atoms with Crippen molar-refractivity contribution in [1.29, 1.82) is 0 Å². The average molecular weight is 155 g/mol. The molecule has 1 saturated heterocycles. The summed E-state index contributed by atoms with van der Waals surface area (Å²) < 4.78 is 5.10. The van der Waals surface area contributed by atoms with Crippen LogP contribution < -0.4 is 0 Å². The molecule has 2 fully saturated rings. The standard InChI is InChI=1S/C8H13NO2/c10-8(7-2-1-3-7)9-4-5-11-6-9/h7H,1-6H2. The lowest BCUT2D eigenvalue weighted by molar-refractivity contribution is -0.138. The lowest BCUT2D eigenvalue weighted by Crippen LogP contribution is -2.37. The van der Waals surface area contributed by atoms with Crippen LogP contribution in [0.1, 0.15) is 19.3 Å². The van der Waals surface area contributed by atoms with Gasteiger partial charge in [-0.2, -0.15) is 0 Å². The Morgan fingerprint density at radius 2 is 2.27 bits per heavy atom. The Kier molecular flexibility index (Phi) is 1.82. The quantitative estimate of drug-likeness (QED) is 0.555. The fourth-order valence-electron chi connectivity index (χ4n) is 1.50. The first kappa shape index (κ1) is 7.10. The minimum atomic E-state index is 0.314. The molecule has 0 unspecified atom stereocenters. The molecule has 0 aromatic rings. The molecule has 0 radical (unpaired) electrons. The van der Waals surface area contributed by atoms with Gasteiger partial charge in [0, 0.05) is 12.5 Å². The van der Waals surface area contributed by atoms with Gasteiger partial charge in [-0.3, -0.25) is 4.79 Å². The van der Waals surface area contributed by atoms with E-state index in [1.54, 1.807) is 0 Å². The van der Waals surface area contributed by atoms with E-state index in [0.717, 1.165) is 26.0 Å². The highest BCUT2D eigenvalue weighted by Gasteiger charge is 2.30. The molecule has 1 aliphatic carbocycles. The van der Waals surface area contributed by atoms with Crippen LogP contribution in [0.5, 0.6) is 0 Å². The summed E-state index contributed by atoms with van der Waals surface area (Å²) in [6, 6.07) is 0. The maximum absolute atomic E-state index is 11.5. The molecule has 0 atom stereocenters. The van der Waals surface area contributed by atoms with Crippen molar-refractivity contribution in [1.82, 2.24) is 4.90 Å². The lowest BCUT2D eigenvalue weighted by Gasteiger charge is -2.27. The van der Waals surface area contributed by atoms with Crippen molar-refractivity contribution < 1.29 is 9.53 Å². The molecule has 62 valence electrons. The molecule has 11 heavy (non-hydrogen) atoms.